The van der Waals surface area contributed by atoms with Crippen LogP contribution < -0.4 is 15.8 Å². The highest BCUT2D eigenvalue weighted by molar-refractivity contribution is 7.13. The highest BCUT2D eigenvalue weighted by Crippen LogP contribution is 2.19. The molecule has 0 aliphatic carbocycles. The Labute approximate surface area is 115 Å². The number of benzene rings is 1. The van der Waals surface area contributed by atoms with Crippen LogP contribution in [0.2, 0.25) is 0 Å². The summed E-state index contributed by atoms with van der Waals surface area (Å²) in [7, 11) is 1.60. The Morgan fingerprint density at radius 2 is 2.32 bits per heavy atom. The second-order valence-corrected chi connectivity index (χ2v) is 4.84. The molecule has 1 atom stereocenters. The van der Waals surface area contributed by atoms with E-state index in [9.17, 15) is 4.79 Å². The van der Waals surface area contributed by atoms with Crippen LogP contribution in [0.15, 0.2) is 35.8 Å². The third kappa shape index (κ3) is 3.52. The molecule has 0 aliphatic rings. The highest BCUT2D eigenvalue weighted by Gasteiger charge is 2.16. The number of rotatable bonds is 5. The molecule has 0 unspecified atom stereocenters. The summed E-state index contributed by atoms with van der Waals surface area (Å²) in [6.07, 6.45) is 2.05. The maximum absolute atomic E-state index is 11.9. The number of nitrogens with one attached hydrogen (secondary N) is 1. The van der Waals surface area contributed by atoms with Gasteiger partial charge in [0.05, 0.1) is 13.2 Å². The largest absolute Gasteiger partial charge is 0.496 e. The van der Waals surface area contributed by atoms with E-state index in [4.69, 9.17) is 10.5 Å². The number of methoxy groups -OCH3 is 1. The second-order valence-electron chi connectivity index (χ2n) is 3.95. The van der Waals surface area contributed by atoms with Gasteiger partial charge in [-0.1, -0.05) is 18.2 Å². The predicted molar refractivity (Wildman–Crippen MR) is 75.4 cm³/mol. The normalized spacial score (nSPS) is 11.9. The smallest absolute Gasteiger partial charge is 0.243 e. The van der Waals surface area contributed by atoms with E-state index in [1.54, 1.807) is 18.7 Å². The van der Waals surface area contributed by atoms with E-state index in [1.165, 1.54) is 11.3 Å². The van der Waals surface area contributed by atoms with Crippen LogP contribution >= 0.6 is 11.3 Å². The molecule has 5 nitrogen and oxygen atoms in total. The molecule has 19 heavy (non-hydrogen) atoms. The van der Waals surface area contributed by atoms with Crippen molar-refractivity contribution in [1.29, 1.82) is 0 Å². The molecule has 3 N–H and O–H groups in total. The summed E-state index contributed by atoms with van der Waals surface area (Å²) in [5.41, 5.74) is 6.81. The molecule has 0 radical (unpaired) electrons. The van der Waals surface area contributed by atoms with Crippen LogP contribution in [0.1, 0.15) is 5.56 Å². The van der Waals surface area contributed by atoms with Gasteiger partial charge in [-0.2, -0.15) is 0 Å². The van der Waals surface area contributed by atoms with Crippen molar-refractivity contribution in [3.05, 3.63) is 41.4 Å². The summed E-state index contributed by atoms with van der Waals surface area (Å²) in [5, 5.41) is 5.03. The average Bonchev–Trinajstić information content (AvgIpc) is 2.92. The van der Waals surface area contributed by atoms with E-state index in [-0.39, 0.29) is 5.91 Å². The molecule has 0 saturated heterocycles. The molecular weight excluding hydrogens is 262 g/mol. The minimum absolute atomic E-state index is 0.249. The van der Waals surface area contributed by atoms with Gasteiger partial charge in [0.25, 0.3) is 0 Å². The Morgan fingerprint density at radius 1 is 1.53 bits per heavy atom. The van der Waals surface area contributed by atoms with Crippen molar-refractivity contribution in [2.45, 2.75) is 12.5 Å². The molecule has 6 heteroatoms. The van der Waals surface area contributed by atoms with E-state index in [2.05, 4.69) is 10.3 Å². The molecule has 1 amide bonds. The van der Waals surface area contributed by atoms with E-state index in [0.29, 0.717) is 11.6 Å². The number of hydrogen-bond donors (Lipinski definition) is 2. The number of nitrogens with zero attached hydrogens (tertiary/aromatic N) is 1. The first-order chi connectivity index (χ1) is 9.20. The minimum atomic E-state index is -0.639. The molecule has 1 aromatic carbocycles. The summed E-state index contributed by atoms with van der Waals surface area (Å²) in [6, 6.07) is 6.88. The zero-order valence-electron chi connectivity index (χ0n) is 10.5. The third-order valence-corrected chi connectivity index (χ3v) is 3.32. The zero-order valence-corrected chi connectivity index (χ0v) is 11.3. The van der Waals surface area contributed by atoms with Gasteiger partial charge in [0.15, 0.2) is 5.13 Å². The minimum Gasteiger partial charge on any atom is -0.496 e. The van der Waals surface area contributed by atoms with E-state index in [1.807, 2.05) is 24.3 Å². The number of anilines is 1. The van der Waals surface area contributed by atoms with Gasteiger partial charge in [-0.3, -0.25) is 4.79 Å². The van der Waals surface area contributed by atoms with Gasteiger partial charge in [0, 0.05) is 18.0 Å². The van der Waals surface area contributed by atoms with Crippen molar-refractivity contribution >= 4 is 22.4 Å². The van der Waals surface area contributed by atoms with Crippen LogP contribution in [-0.4, -0.2) is 24.0 Å². The van der Waals surface area contributed by atoms with Crippen LogP contribution in [0.5, 0.6) is 5.75 Å². The van der Waals surface area contributed by atoms with Crippen molar-refractivity contribution in [2.75, 3.05) is 12.4 Å². The van der Waals surface area contributed by atoms with Crippen LogP contribution in [-0.2, 0) is 11.2 Å². The number of amides is 1. The molecular formula is C13H15N3O2S. The van der Waals surface area contributed by atoms with Gasteiger partial charge in [0.2, 0.25) is 5.91 Å². The predicted octanol–water partition coefficient (Wildman–Crippen LogP) is 1.66. The lowest BCUT2D eigenvalue weighted by Gasteiger charge is -2.13. The Morgan fingerprint density at radius 3 is 3.00 bits per heavy atom. The van der Waals surface area contributed by atoms with Gasteiger partial charge in [-0.15, -0.1) is 11.3 Å². The monoisotopic (exact) mass is 277 g/mol. The van der Waals surface area contributed by atoms with Crippen molar-refractivity contribution in [3.63, 3.8) is 0 Å². The molecule has 2 aromatic rings. The number of ether oxygens (including phenoxy) is 1. The van der Waals surface area contributed by atoms with Crippen LogP contribution in [0.4, 0.5) is 5.13 Å². The fourth-order valence-electron chi connectivity index (χ4n) is 1.68. The molecule has 2 rings (SSSR count). The maximum atomic E-state index is 11.9. The molecule has 100 valence electrons. The maximum Gasteiger partial charge on any atom is 0.243 e. The van der Waals surface area contributed by atoms with E-state index in [0.717, 1.165) is 11.3 Å². The number of thiazole rings is 1. The molecule has 0 bridgehead atoms. The first kappa shape index (κ1) is 13.5. The summed E-state index contributed by atoms with van der Waals surface area (Å²) in [4.78, 5) is 15.9. The third-order valence-electron chi connectivity index (χ3n) is 2.63. The first-order valence-corrected chi connectivity index (χ1v) is 6.66. The summed E-state index contributed by atoms with van der Waals surface area (Å²) in [6.45, 7) is 0. The molecule has 0 saturated carbocycles. The van der Waals surface area contributed by atoms with Gasteiger partial charge in [0.1, 0.15) is 5.75 Å². The van der Waals surface area contributed by atoms with Gasteiger partial charge < -0.3 is 15.8 Å². The zero-order chi connectivity index (χ0) is 13.7. The number of nitrogens with two attached hydrogens (primary N) is 1. The standard InChI is InChI=1S/C13H15N3O2S/c1-18-11-5-3-2-4-9(11)8-10(14)12(17)16-13-15-6-7-19-13/h2-7,10H,8,14H2,1H3,(H,15,16,17)/t10-/m0/s1. The van der Waals surface area contributed by atoms with Crippen molar-refractivity contribution in [3.8, 4) is 5.75 Å². The van der Waals surface area contributed by atoms with E-state index >= 15 is 0 Å². The first-order valence-electron chi connectivity index (χ1n) is 5.78. The molecule has 1 heterocycles. The van der Waals surface area contributed by atoms with Crippen LogP contribution in [0, 0.1) is 0 Å². The number of carbonyl (C=O) groups excluding carboxylic acids is 1. The van der Waals surface area contributed by atoms with Gasteiger partial charge in [-0.25, -0.2) is 4.98 Å². The van der Waals surface area contributed by atoms with Crippen molar-refractivity contribution in [2.24, 2.45) is 5.73 Å². The number of aromatic nitrogens is 1. The van der Waals surface area contributed by atoms with Crippen molar-refractivity contribution < 1.29 is 9.53 Å². The molecule has 0 spiro atoms. The lowest BCUT2D eigenvalue weighted by Crippen LogP contribution is -2.37. The second kappa shape index (κ2) is 6.31. The average molecular weight is 277 g/mol. The van der Waals surface area contributed by atoms with Gasteiger partial charge >= 0.3 is 0 Å². The fraction of sp³-hybridized carbons (Fsp3) is 0.231. The number of carbonyl (C=O) groups is 1. The summed E-state index contributed by atoms with van der Waals surface area (Å²) < 4.78 is 5.23. The highest BCUT2D eigenvalue weighted by atomic mass is 32.1. The fourth-order valence-corrected chi connectivity index (χ4v) is 2.22. The van der Waals surface area contributed by atoms with Crippen molar-refractivity contribution in [1.82, 2.24) is 4.98 Å². The lowest BCUT2D eigenvalue weighted by atomic mass is 10.1. The quantitative estimate of drug-likeness (QED) is 0.871. The van der Waals surface area contributed by atoms with E-state index < -0.39 is 6.04 Å². The van der Waals surface area contributed by atoms with Crippen LogP contribution in [0.3, 0.4) is 0 Å². The van der Waals surface area contributed by atoms with Crippen LogP contribution in [0.25, 0.3) is 0 Å². The number of para-hydroxylation sites is 1. The molecule has 0 aliphatic heterocycles. The van der Waals surface area contributed by atoms with Gasteiger partial charge in [-0.05, 0) is 11.6 Å². The Hall–Kier alpha value is -1.92. The summed E-state index contributed by atoms with van der Waals surface area (Å²) in [5.74, 6) is 0.487. The lowest BCUT2D eigenvalue weighted by molar-refractivity contribution is -0.117. The SMILES string of the molecule is COc1ccccc1C[C@H](N)C(=O)Nc1nccs1. The topological polar surface area (TPSA) is 77.2 Å². The Kier molecular flexibility index (Phi) is 4.48. The summed E-state index contributed by atoms with van der Waals surface area (Å²) >= 11 is 1.36. The molecule has 0 fully saturated rings. The molecule has 1 aromatic heterocycles. The Bertz CT molecular complexity index is 543. The Balaban J connectivity index is 2.00. The number of hydrogen-bond acceptors (Lipinski definition) is 5.